The topological polar surface area (TPSA) is 82.8 Å². The molecule has 1 saturated carbocycles. The molecule has 0 radical (unpaired) electrons. The van der Waals surface area contributed by atoms with Crippen molar-refractivity contribution in [2.24, 2.45) is 11.7 Å². The van der Waals surface area contributed by atoms with Gasteiger partial charge in [0, 0.05) is 25.2 Å². The summed E-state index contributed by atoms with van der Waals surface area (Å²) in [5.74, 6) is 2.53. The molecule has 1 aliphatic carbocycles. The highest BCUT2D eigenvalue weighted by Gasteiger charge is 2.27. The van der Waals surface area contributed by atoms with Crippen LogP contribution in [0.1, 0.15) is 37.9 Å². The fourth-order valence-electron chi connectivity index (χ4n) is 2.69. The van der Waals surface area contributed by atoms with Gasteiger partial charge in [0.15, 0.2) is 5.82 Å². The maximum atomic E-state index is 5.51. The minimum Gasteiger partial charge on any atom is -0.335 e. The van der Waals surface area contributed by atoms with Gasteiger partial charge in [-0.3, -0.25) is 0 Å². The first-order chi connectivity index (χ1) is 9.26. The molecule has 1 fully saturated rings. The molecule has 0 saturated heterocycles. The fourth-order valence-corrected chi connectivity index (χ4v) is 2.69. The molecule has 2 N–H and O–H groups in total. The monoisotopic (exact) mass is 261 g/mol. The number of rotatable bonds is 4. The Bertz CT molecular complexity index is 547. The van der Waals surface area contributed by atoms with E-state index in [2.05, 4.69) is 22.0 Å². The largest absolute Gasteiger partial charge is 0.335 e. The van der Waals surface area contributed by atoms with E-state index >= 15 is 0 Å². The summed E-state index contributed by atoms with van der Waals surface area (Å²) in [6.07, 6.45) is 7.19. The Morgan fingerprint density at radius 3 is 3.11 bits per heavy atom. The summed E-state index contributed by atoms with van der Waals surface area (Å²) >= 11 is 0. The van der Waals surface area contributed by atoms with Gasteiger partial charge in [-0.2, -0.15) is 4.98 Å². The zero-order valence-corrected chi connectivity index (χ0v) is 11.1. The Morgan fingerprint density at radius 1 is 1.47 bits per heavy atom. The molecule has 2 atom stereocenters. The van der Waals surface area contributed by atoms with Crippen LogP contribution < -0.4 is 5.73 Å². The molecule has 19 heavy (non-hydrogen) atoms. The quantitative estimate of drug-likeness (QED) is 0.907. The summed E-state index contributed by atoms with van der Waals surface area (Å²) < 4.78 is 7.25. The van der Waals surface area contributed by atoms with Crippen molar-refractivity contribution >= 4 is 0 Å². The lowest BCUT2D eigenvalue weighted by molar-refractivity contribution is 0.413. The Hall–Kier alpha value is -1.69. The first-order valence-corrected chi connectivity index (χ1v) is 6.82. The third-order valence-corrected chi connectivity index (χ3v) is 3.74. The van der Waals surface area contributed by atoms with Crippen LogP contribution in [-0.4, -0.2) is 26.2 Å². The third-order valence-electron chi connectivity index (χ3n) is 3.74. The molecular weight excluding hydrogens is 242 g/mol. The molecule has 0 spiro atoms. The van der Waals surface area contributed by atoms with Gasteiger partial charge in [-0.05, 0) is 25.2 Å². The van der Waals surface area contributed by atoms with Gasteiger partial charge in [-0.1, -0.05) is 12.1 Å². The van der Waals surface area contributed by atoms with Crippen molar-refractivity contribution in [2.75, 3.05) is 6.54 Å². The third kappa shape index (κ3) is 2.53. The Morgan fingerprint density at radius 2 is 2.37 bits per heavy atom. The van der Waals surface area contributed by atoms with E-state index in [1.807, 2.05) is 10.8 Å². The molecule has 2 unspecified atom stereocenters. The SMILES string of the molecule is CC1CCC(c2noc(-c3cn(CCN)cn3)n2)C1. The minimum absolute atomic E-state index is 0.443. The van der Waals surface area contributed by atoms with E-state index in [9.17, 15) is 0 Å². The number of aromatic nitrogens is 4. The van der Waals surface area contributed by atoms with Crippen LogP contribution in [-0.2, 0) is 6.54 Å². The lowest BCUT2D eigenvalue weighted by Gasteiger charge is -2.01. The molecule has 0 amide bonds. The second-order valence-electron chi connectivity index (χ2n) is 5.36. The van der Waals surface area contributed by atoms with E-state index in [0.717, 1.165) is 36.8 Å². The van der Waals surface area contributed by atoms with Gasteiger partial charge >= 0.3 is 0 Å². The number of hydrogen-bond donors (Lipinski definition) is 1. The first kappa shape index (κ1) is 12.3. The molecule has 6 nitrogen and oxygen atoms in total. The molecule has 3 rings (SSSR count). The molecule has 6 heteroatoms. The van der Waals surface area contributed by atoms with Crippen molar-refractivity contribution < 1.29 is 4.52 Å². The summed E-state index contributed by atoms with van der Waals surface area (Å²) in [4.78, 5) is 8.76. The highest BCUT2D eigenvalue weighted by atomic mass is 16.5. The van der Waals surface area contributed by atoms with Crippen molar-refractivity contribution in [1.82, 2.24) is 19.7 Å². The summed E-state index contributed by atoms with van der Waals surface area (Å²) in [6.45, 7) is 3.61. The van der Waals surface area contributed by atoms with E-state index in [4.69, 9.17) is 10.3 Å². The number of hydrogen-bond acceptors (Lipinski definition) is 5. The summed E-state index contributed by atoms with van der Waals surface area (Å²) in [5, 5.41) is 4.10. The summed E-state index contributed by atoms with van der Waals surface area (Å²) in [5.41, 5.74) is 6.23. The molecular formula is C13H19N5O. The number of nitrogens with two attached hydrogens (primary N) is 1. The second-order valence-corrected chi connectivity index (χ2v) is 5.36. The first-order valence-electron chi connectivity index (χ1n) is 6.82. The van der Waals surface area contributed by atoms with Crippen LogP contribution in [0.3, 0.4) is 0 Å². The molecule has 0 aliphatic heterocycles. The van der Waals surface area contributed by atoms with Crippen LogP contribution in [0, 0.1) is 5.92 Å². The van der Waals surface area contributed by atoms with Crippen LogP contribution in [0.15, 0.2) is 17.0 Å². The van der Waals surface area contributed by atoms with Crippen molar-refractivity contribution in [3.8, 4) is 11.6 Å². The van der Waals surface area contributed by atoms with E-state index in [1.165, 1.54) is 6.42 Å². The van der Waals surface area contributed by atoms with Gasteiger partial charge < -0.3 is 14.8 Å². The molecule has 102 valence electrons. The molecule has 2 aromatic rings. The fraction of sp³-hybridized carbons (Fsp3) is 0.615. The van der Waals surface area contributed by atoms with Gasteiger partial charge in [0.25, 0.3) is 5.89 Å². The standard InChI is InChI=1S/C13H19N5O/c1-9-2-3-10(6-9)12-16-13(19-17-12)11-7-18(5-4-14)8-15-11/h7-10H,2-6,14H2,1H3. The Labute approximate surface area is 112 Å². The zero-order chi connectivity index (χ0) is 13.2. The van der Waals surface area contributed by atoms with Gasteiger partial charge in [0.2, 0.25) is 0 Å². The smallest absolute Gasteiger partial charge is 0.278 e. The zero-order valence-electron chi connectivity index (χ0n) is 11.1. The lowest BCUT2D eigenvalue weighted by atomic mass is 10.1. The van der Waals surface area contributed by atoms with Crippen molar-refractivity contribution in [3.63, 3.8) is 0 Å². The Balaban J connectivity index is 1.76. The minimum atomic E-state index is 0.443. The highest BCUT2D eigenvalue weighted by Crippen LogP contribution is 2.36. The van der Waals surface area contributed by atoms with Crippen molar-refractivity contribution in [2.45, 2.75) is 38.6 Å². The summed E-state index contributed by atoms with van der Waals surface area (Å²) in [6, 6.07) is 0. The number of nitrogens with zero attached hydrogens (tertiary/aromatic N) is 4. The van der Waals surface area contributed by atoms with Gasteiger partial charge in [0.05, 0.1) is 6.33 Å². The van der Waals surface area contributed by atoms with E-state index in [1.54, 1.807) is 6.33 Å². The molecule has 2 heterocycles. The van der Waals surface area contributed by atoms with Crippen LogP contribution >= 0.6 is 0 Å². The number of imidazole rings is 1. The second kappa shape index (κ2) is 5.13. The van der Waals surface area contributed by atoms with Crippen molar-refractivity contribution in [3.05, 3.63) is 18.3 Å². The average molecular weight is 261 g/mol. The highest BCUT2D eigenvalue weighted by molar-refractivity contribution is 5.44. The van der Waals surface area contributed by atoms with E-state index < -0.39 is 0 Å². The lowest BCUT2D eigenvalue weighted by Crippen LogP contribution is -2.07. The van der Waals surface area contributed by atoms with E-state index in [-0.39, 0.29) is 0 Å². The Kier molecular flexibility index (Phi) is 3.33. The average Bonchev–Trinajstić information content (AvgIpc) is 3.07. The normalized spacial score (nSPS) is 23.1. The van der Waals surface area contributed by atoms with Gasteiger partial charge in [-0.25, -0.2) is 4.98 Å². The molecule has 1 aliphatic rings. The van der Waals surface area contributed by atoms with Crippen LogP contribution in [0.5, 0.6) is 0 Å². The van der Waals surface area contributed by atoms with Crippen molar-refractivity contribution in [1.29, 1.82) is 0 Å². The summed E-state index contributed by atoms with van der Waals surface area (Å²) in [7, 11) is 0. The maximum absolute atomic E-state index is 5.51. The van der Waals surface area contributed by atoms with Crippen LogP contribution in [0.25, 0.3) is 11.6 Å². The molecule has 2 aromatic heterocycles. The van der Waals surface area contributed by atoms with E-state index in [0.29, 0.717) is 18.4 Å². The molecule has 0 bridgehead atoms. The van der Waals surface area contributed by atoms with Gasteiger partial charge in [0.1, 0.15) is 5.69 Å². The predicted octanol–water partition coefficient (Wildman–Crippen LogP) is 1.80. The van der Waals surface area contributed by atoms with Crippen LogP contribution in [0.4, 0.5) is 0 Å². The predicted molar refractivity (Wildman–Crippen MR) is 70.3 cm³/mol. The van der Waals surface area contributed by atoms with Gasteiger partial charge in [-0.15, -0.1) is 0 Å². The van der Waals surface area contributed by atoms with Crippen LogP contribution in [0.2, 0.25) is 0 Å². The maximum Gasteiger partial charge on any atom is 0.278 e. The molecule has 0 aromatic carbocycles.